The van der Waals surface area contributed by atoms with Gasteiger partial charge in [-0.1, -0.05) is 22.9 Å². The number of nitrogens with zero attached hydrogens (tertiary/aromatic N) is 2. The van der Waals surface area contributed by atoms with Gasteiger partial charge in [-0.15, -0.1) is 0 Å². The van der Waals surface area contributed by atoms with Crippen LogP contribution in [0.1, 0.15) is 15.2 Å². The van der Waals surface area contributed by atoms with Gasteiger partial charge in [-0.2, -0.15) is 0 Å². The number of pyridine rings is 1. The number of anilines is 3. The molecular weight excluding hydrogens is 339 g/mol. The summed E-state index contributed by atoms with van der Waals surface area (Å²) < 4.78 is 13.2. The Kier molecular flexibility index (Phi) is 4.22. The number of carbonyl (C=O) groups is 1. The lowest BCUT2D eigenvalue weighted by atomic mass is 10.1. The summed E-state index contributed by atoms with van der Waals surface area (Å²) >= 11 is 6.84. The van der Waals surface area contributed by atoms with Crippen molar-refractivity contribution in [2.75, 3.05) is 11.1 Å². The van der Waals surface area contributed by atoms with Crippen LogP contribution in [0, 0.1) is 5.82 Å². The highest BCUT2D eigenvalue weighted by molar-refractivity contribution is 7.18. The first-order chi connectivity index (χ1) is 11.0. The molecule has 0 fully saturated rings. The van der Waals surface area contributed by atoms with Gasteiger partial charge in [0.2, 0.25) is 5.78 Å². The van der Waals surface area contributed by atoms with E-state index in [1.165, 1.54) is 30.6 Å². The van der Waals surface area contributed by atoms with Crippen LogP contribution in [0.25, 0.3) is 0 Å². The van der Waals surface area contributed by atoms with E-state index in [4.69, 9.17) is 17.3 Å². The zero-order chi connectivity index (χ0) is 16.4. The molecule has 0 bridgehead atoms. The van der Waals surface area contributed by atoms with Crippen molar-refractivity contribution in [2.24, 2.45) is 0 Å². The first-order valence-electron chi connectivity index (χ1n) is 6.47. The summed E-state index contributed by atoms with van der Waals surface area (Å²) in [6.07, 6.45) is 3.06. The molecule has 3 rings (SSSR count). The lowest BCUT2D eigenvalue weighted by molar-refractivity contribution is 0.104. The summed E-state index contributed by atoms with van der Waals surface area (Å²) in [5, 5.41) is 3.36. The van der Waals surface area contributed by atoms with E-state index in [9.17, 15) is 9.18 Å². The van der Waals surface area contributed by atoms with Gasteiger partial charge in [0.25, 0.3) is 0 Å². The molecule has 3 N–H and O–H groups in total. The quantitative estimate of drug-likeness (QED) is 0.699. The Morgan fingerprint density at radius 3 is 2.70 bits per heavy atom. The van der Waals surface area contributed by atoms with Crippen molar-refractivity contribution in [3.05, 3.63) is 64.0 Å². The summed E-state index contributed by atoms with van der Waals surface area (Å²) in [6, 6.07) is 7.40. The largest absolute Gasteiger partial charge is 0.382 e. The van der Waals surface area contributed by atoms with E-state index in [0.29, 0.717) is 21.3 Å². The first kappa shape index (κ1) is 15.4. The van der Waals surface area contributed by atoms with Crippen LogP contribution < -0.4 is 11.1 Å². The van der Waals surface area contributed by atoms with Crippen LogP contribution in [0.2, 0.25) is 5.02 Å². The van der Waals surface area contributed by atoms with E-state index in [1.54, 1.807) is 12.1 Å². The Hall–Kier alpha value is -2.51. The number of ketones is 1. The molecule has 2 aromatic heterocycles. The molecule has 23 heavy (non-hydrogen) atoms. The predicted molar refractivity (Wildman–Crippen MR) is 88.9 cm³/mol. The Morgan fingerprint density at radius 1 is 1.26 bits per heavy atom. The number of hydrogen-bond donors (Lipinski definition) is 2. The fraction of sp³-hybridized carbons (Fsp3) is 0. The third-order valence-electron chi connectivity index (χ3n) is 2.97. The van der Waals surface area contributed by atoms with Gasteiger partial charge in [0, 0.05) is 23.6 Å². The standard InChI is InChI=1S/C15H10ClFN4OS/c16-10-7-9(1-2-11(10)17)20-15-21-14(18)13(23-15)12(22)8-3-5-19-6-4-8/h1-7H,18H2,(H,20,21). The van der Waals surface area contributed by atoms with E-state index in [2.05, 4.69) is 15.3 Å². The molecule has 0 aliphatic rings. The lowest BCUT2D eigenvalue weighted by Gasteiger charge is -2.03. The third kappa shape index (κ3) is 3.30. The number of nitrogens with two attached hydrogens (primary N) is 1. The molecule has 0 aliphatic carbocycles. The molecule has 1 aromatic carbocycles. The zero-order valence-corrected chi connectivity index (χ0v) is 13.2. The van der Waals surface area contributed by atoms with Crippen LogP contribution in [0.3, 0.4) is 0 Å². The maximum absolute atomic E-state index is 13.2. The maximum atomic E-state index is 13.2. The maximum Gasteiger partial charge on any atom is 0.206 e. The highest BCUT2D eigenvalue weighted by Crippen LogP contribution is 2.30. The highest BCUT2D eigenvalue weighted by atomic mass is 35.5. The second-order valence-corrected chi connectivity index (χ2v) is 5.96. The Bertz CT molecular complexity index is 869. The number of thiazole rings is 1. The van der Waals surface area contributed by atoms with E-state index >= 15 is 0 Å². The minimum atomic E-state index is -0.510. The van der Waals surface area contributed by atoms with Crippen molar-refractivity contribution in [1.29, 1.82) is 0 Å². The molecule has 0 spiro atoms. The van der Waals surface area contributed by atoms with Gasteiger partial charge in [-0.05, 0) is 30.3 Å². The van der Waals surface area contributed by atoms with Gasteiger partial charge in [0.05, 0.1) is 5.02 Å². The minimum absolute atomic E-state index is 0.00684. The summed E-state index contributed by atoms with van der Waals surface area (Å²) in [5.74, 6) is -0.607. The van der Waals surface area contributed by atoms with Crippen LogP contribution in [0.4, 0.5) is 21.0 Å². The molecule has 5 nitrogen and oxygen atoms in total. The van der Waals surface area contributed by atoms with Crippen molar-refractivity contribution in [2.45, 2.75) is 0 Å². The van der Waals surface area contributed by atoms with E-state index in [-0.39, 0.29) is 16.6 Å². The third-order valence-corrected chi connectivity index (χ3v) is 4.25. The van der Waals surface area contributed by atoms with E-state index in [0.717, 1.165) is 11.3 Å². The predicted octanol–water partition coefficient (Wildman–Crippen LogP) is 3.89. The van der Waals surface area contributed by atoms with Gasteiger partial charge < -0.3 is 11.1 Å². The minimum Gasteiger partial charge on any atom is -0.382 e. The summed E-state index contributed by atoms with van der Waals surface area (Å²) in [7, 11) is 0. The Balaban J connectivity index is 1.86. The fourth-order valence-corrected chi connectivity index (χ4v) is 2.93. The second kappa shape index (κ2) is 6.31. The average molecular weight is 349 g/mol. The normalized spacial score (nSPS) is 10.5. The number of aromatic nitrogens is 2. The van der Waals surface area contributed by atoms with Gasteiger partial charge in [0.15, 0.2) is 5.13 Å². The zero-order valence-electron chi connectivity index (χ0n) is 11.6. The van der Waals surface area contributed by atoms with Crippen molar-refractivity contribution in [1.82, 2.24) is 9.97 Å². The van der Waals surface area contributed by atoms with E-state index < -0.39 is 5.82 Å². The van der Waals surface area contributed by atoms with Gasteiger partial charge in [-0.3, -0.25) is 9.78 Å². The monoisotopic (exact) mass is 348 g/mol. The Labute approximate surface area is 140 Å². The van der Waals surface area contributed by atoms with Gasteiger partial charge in [-0.25, -0.2) is 9.37 Å². The molecule has 116 valence electrons. The molecule has 0 atom stereocenters. The van der Waals surface area contributed by atoms with Crippen molar-refractivity contribution in [3.63, 3.8) is 0 Å². The smallest absolute Gasteiger partial charge is 0.206 e. The first-order valence-corrected chi connectivity index (χ1v) is 7.67. The number of halogens is 2. The van der Waals surface area contributed by atoms with Crippen LogP contribution in [-0.2, 0) is 0 Å². The van der Waals surface area contributed by atoms with Crippen LogP contribution in [-0.4, -0.2) is 15.8 Å². The molecule has 3 aromatic rings. The summed E-state index contributed by atoms with van der Waals surface area (Å²) in [6.45, 7) is 0. The SMILES string of the molecule is Nc1nc(Nc2ccc(F)c(Cl)c2)sc1C(=O)c1ccncc1. The number of rotatable bonds is 4. The molecular formula is C15H10ClFN4OS. The fourth-order valence-electron chi connectivity index (χ4n) is 1.88. The number of carbonyl (C=O) groups excluding carboxylic acids is 1. The topological polar surface area (TPSA) is 80.9 Å². The van der Waals surface area contributed by atoms with Crippen LogP contribution in [0.5, 0.6) is 0 Å². The number of nitrogen functional groups attached to an aromatic ring is 1. The Morgan fingerprint density at radius 2 is 2.00 bits per heavy atom. The van der Waals surface area contributed by atoms with Crippen molar-refractivity contribution in [3.8, 4) is 0 Å². The highest BCUT2D eigenvalue weighted by Gasteiger charge is 2.18. The molecule has 0 radical (unpaired) electrons. The summed E-state index contributed by atoms with van der Waals surface area (Å²) in [5.41, 5.74) is 6.85. The number of benzene rings is 1. The van der Waals surface area contributed by atoms with Crippen LogP contribution >= 0.6 is 22.9 Å². The van der Waals surface area contributed by atoms with Gasteiger partial charge in [0.1, 0.15) is 16.5 Å². The van der Waals surface area contributed by atoms with Crippen molar-refractivity contribution >= 4 is 45.4 Å². The van der Waals surface area contributed by atoms with Crippen LogP contribution in [0.15, 0.2) is 42.7 Å². The molecule has 0 saturated heterocycles. The number of nitrogens with one attached hydrogen (secondary N) is 1. The molecule has 0 unspecified atom stereocenters. The second-order valence-electron chi connectivity index (χ2n) is 4.55. The van der Waals surface area contributed by atoms with Gasteiger partial charge >= 0.3 is 0 Å². The lowest BCUT2D eigenvalue weighted by Crippen LogP contribution is -2.02. The molecule has 0 amide bonds. The molecule has 2 heterocycles. The molecule has 0 saturated carbocycles. The number of hydrogen-bond acceptors (Lipinski definition) is 6. The van der Waals surface area contributed by atoms with Crippen molar-refractivity contribution < 1.29 is 9.18 Å². The molecule has 0 aliphatic heterocycles. The van der Waals surface area contributed by atoms with E-state index in [1.807, 2.05) is 0 Å². The average Bonchev–Trinajstić information content (AvgIpc) is 2.91. The molecule has 8 heteroatoms. The summed E-state index contributed by atoms with van der Waals surface area (Å²) in [4.78, 5) is 20.7.